The molecule has 0 bridgehead atoms. The van der Waals surface area contributed by atoms with Crippen LogP contribution in [0.4, 0.5) is 0 Å². The first-order valence-corrected chi connectivity index (χ1v) is 6.96. The average molecular weight is 297 g/mol. The SMILES string of the molecule is O=C1c2ccccc2C(=O)N1[C@H](CO)[C@H](O)c1ccccc1. The summed E-state index contributed by atoms with van der Waals surface area (Å²) in [5.41, 5.74) is 1.13. The number of rotatable bonds is 4. The lowest BCUT2D eigenvalue weighted by Crippen LogP contribution is -2.45. The van der Waals surface area contributed by atoms with Gasteiger partial charge in [0.1, 0.15) is 6.10 Å². The molecule has 1 aliphatic heterocycles. The van der Waals surface area contributed by atoms with Gasteiger partial charge in [-0.2, -0.15) is 0 Å². The Bertz CT molecular complexity index is 679. The summed E-state index contributed by atoms with van der Waals surface area (Å²) < 4.78 is 0. The number of aliphatic hydroxyl groups excluding tert-OH is 2. The zero-order chi connectivity index (χ0) is 15.7. The van der Waals surface area contributed by atoms with E-state index < -0.39 is 30.6 Å². The molecule has 5 nitrogen and oxygen atoms in total. The summed E-state index contributed by atoms with van der Waals surface area (Å²) in [5, 5.41) is 20.1. The van der Waals surface area contributed by atoms with Gasteiger partial charge in [0.2, 0.25) is 0 Å². The number of imide groups is 1. The van der Waals surface area contributed by atoms with Gasteiger partial charge in [-0.15, -0.1) is 0 Å². The third kappa shape index (κ3) is 2.20. The third-order valence-electron chi connectivity index (χ3n) is 3.85. The summed E-state index contributed by atoms with van der Waals surface area (Å²) in [5.74, 6) is -0.982. The number of carbonyl (C=O) groups excluding carboxylic acids is 2. The van der Waals surface area contributed by atoms with Crippen molar-refractivity contribution in [1.29, 1.82) is 0 Å². The Hall–Kier alpha value is -2.50. The first kappa shape index (κ1) is 14.4. The first-order chi connectivity index (χ1) is 10.6. The monoisotopic (exact) mass is 297 g/mol. The minimum absolute atomic E-state index is 0.297. The summed E-state index contributed by atoms with van der Waals surface area (Å²) in [6, 6.07) is 14.1. The lowest BCUT2D eigenvalue weighted by atomic mass is 10.0. The molecule has 0 saturated heterocycles. The lowest BCUT2D eigenvalue weighted by molar-refractivity contribution is 0.0172. The van der Waals surface area contributed by atoms with Crippen LogP contribution in [0.15, 0.2) is 54.6 Å². The average Bonchev–Trinajstić information content (AvgIpc) is 2.82. The van der Waals surface area contributed by atoms with Crippen molar-refractivity contribution < 1.29 is 19.8 Å². The van der Waals surface area contributed by atoms with Crippen molar-refractivity contribution in [2.75, 3.05) is 6.61 Å². The van der Waals surface area contributed by atoms with Gasteiger partial charge >= 0.3 is 0 Å². The van der Waals surface area contributed by atoms with Gasteiger partial charge in [0.05, 0.1) is 23.8 Å². The summed E-state index contributed by atoms with van der Waals surface area (Å²) in [6.07, 6.45) is -1.14. The highest BCUT2D eigenvalue weighted by atomic mass is 16.3. The molecule has 0 fully saturated rings. The number of fused-ring (bicyclic) bond motifs is 1. The molecule has 1 aliphatic rings. The molecule has 0 aromatic heterocycles. The molecule has 0 radical (unpaired) electrons. The van der Waals surface area contributed by atoms with Crippen LogP contribution >= 0.6 is 0 Å². The van der Waals surface area contributed by atoms with Crippen LogP contribution in [0, 0.1) is 0 Å². The zero-order valence-corrected chi connectivity index (χ0v) is 11.7. The van der Waals surface area contributed by atoms with Crippen molar-refractivity contribution in [2.24, 2.45) is 0 Å². The molecular formula is C17H15NO4. The number of aliphatic hydroxyl groups is 2. The van der Waals surface area contributed by atoms with Crippen molar-refractivity contribution in [3.8, 4) is 0 Å². The van der Waals surface area contributed by atoms with Crippen LogP contribution in [0.3, 0.4) is 0 Å². The van der Waals surface area contributed by atoms with Gasteiger partial charge in [-0.3, -0.25) is 14.5 Å². The highest BCUT2D eigenvalue weighted by Crippen LogP contribution is 2.29. The fourth-order valence-corrected chi connectivity index (χ4v) is 2.70. The van der Waals surface area contributed by atoms with Gasteiger partial charge in [-0.05, 0) is 17.7 Å². The molecule has 1 heterocycles. The Morgan fingerprint density at radius 3 is 1.86 bits per heavy atom. The Balaban J connectivity index is 1.96. The van der Waals surface area contributed by atoms with Crippen molar-refractivity contribution in [2.45, 2.75) is 12.1 Å². The van der Waals surface area contributed by atoms with Gasteiger partial charge in [0, 0.05) is 0 Å². The van der Waals surface area contributed by atoms with Crippen molar-refractivity contribution >= 4 is 11.8 Å². The second-order valence-corrected chi connectivity index (χ2v) is 5.13. The van der Waals surface area contributed by atoms with Crippen LogP contribution in [0.1, 0.15) is 32.4 Å². The summed E-state index contributed by atoms with van der Waals surface area (Å²) >= 11 is 0. The van der Waals surface area contributed by atoms with E-state index in [0.717, 1.165) is 4.90 Å². The maximum Gasteiger partial charge on any atom is 0.261 e. The Morgan fingerprint density at radius 1 is 0.864 bits per heavy atom. The molecule has 2 amide bonds. The van der Waals surface area contributed by atoms with E-state index in [-0.39, 0.29) is 0 Å². The normalized spacial score (nSPS) is 16.5. The number of hydrogen-bond donors (Lipinski definition) is 2. The molecule has 22 heavy (non-hydrogen) atoms. The Morgan fingerprint density at radius 2 is 1.36 bits per heavy atom. The summed E-state index contributed by atoms with van der Waals surface area (Å²) in [6.45, 7) is -0.512. The van der Waals surface area contributed by atoms with E-state index in [4.69, 9.17) is 0 Å². The molecule has 2 aromatic rings. The van der Waals surface area contributed by atoms with Gasteiger partial charge in [-0.25, -0.2) is 0 Å². The predicted octanol–water partition coefficient (Wildman–Crippen LogP) is 1.38. The van der Waals surface area contributed by atoms with E-state index in [0.29, 0.717) is 16.7 Å². The second kappa shape index (κ2) is 5.71. The molecule has 5 heteroatoms. The van der Waals surface area contributed by atoms with E-state index in [1.807, 2.05) is 0 Å². The molecule has 2 atom stereocenters. The number of amides is 2. The number of benzene rings is 2. The molecule has 0 saturated carbocycles. The van der Waals surface area contributed by atoms with Crippen LogP contribution in [0.5, 0.6) is 0 Å². The molecule has 0 spiro atoms. The highest BCUT2D eigenvalue weighted by molar-refractivity contribution is 6.21. The molecule has 3 rings (SSSR count). The topological polar surface area (TPSA) is 77.8 Å². The van der Waals surface area contributed by atoms with Crippen LogP contribution in [-0.4, -0.2) is 39.6 Å². The first-order valence-electron chi connectivity index (χ1n) is 6.96. The molecule has 112 valence electrons. The van der Waals surface area contributed by atoms with Crippen molar-refractivity contribution in [1.82, 2.24) is 4.90 Å². The van der Waals surface area contributed by atoms with E-state index in [1.165, 1.54) is 0 Å². The predicted molar refractivity (Wildman–Crippen MR) is 79.2 cm³/mol. The summed E-state index contributed by atoms with van der Waals surface area (Å²) in [4.78, 5) is 25.8. The van der Waals surface area contributed by atoms with Crippen LogP contribution in [-0.2, 0) is 0 Å². The highest BCUT2D eigenvalue weighted by Gasteiger charge is 2.42. The van der Waals surface area contributed by atoms with Crippen molar-refractivity contribution in [3.05, 3.63) is 71.3 Å². The molecule has 2 N–H and O–H groups in total. The van der Waals surface area contributed by atoms with Crippen LogP contribution in [0.2, 0.25) is 0 Å². The molecule has 0 unspecified atom stereocenters. The quantitative estimate of drug-likeness (QED) is 0.836. The summed E-state index contributed by atoms with van der Waals surface area (Å²) in [7, 11) is 0. The molecular weight excluding hydrogens is 282 g/mol. The van der Waals surface area contributed by atoms with Gasteiger partial charge in [-0.1, -0.05) is 42.5 Å². The van der Waals surface area contributed by atoms with E-state index in [9.17, 15) is 19.8 Å². The number of carbonyl (C=O) groups is 2. The molecule has 0 aliphatic carbocycles. The zero-order valence-electron chi connectivity index (χ0n) is 11.7. The minimum atomic E-state index is -1.14. The maximum absolute atomic E-state index is 12.4. The largest absolute Gasteiger partial charge is 0.394 e. The second-order valence-electron chi connectivity index (χ2n) is 5.13. The lowest BCUT2D eigenvalue weighted by Gasteiger charge is -2.29. The van der Waals surface area contributed by atoms with Crippen molar-refractivity contribution in [3.63, 3.8) is 0 Å². The standard InChI is InChI=1S/C17H15NO4/c19-10-14(15(20)11-6-2-1-3-7-11)18-16(21)12-8-4-5-9-13(12)17(18)22/h1-9,14-15,19-20H,10H2/t14-,15-/m1/s1. The van der Waals surface area contributed by atoms with Gasteiger partial charge in [0.15, 0.2) is 0 Å². The Kier molecular flexibility index (Phi) is 3.75. The van der Waals surface area contributed by atoms with E-state index >= 15 is 0 Å². The third-order valence-corrected chi connectivity index (χ3v) is 3.85. The number of nitrogens with zero attached hydrogens (tertiary/aromatic N) is 1. The fourth-order valence-electron chi connectivity index (χ4n) is 2.70. The van der Waals surface area contributed by atoms with Gasteiger partial charge in [0.25, 0.3) is 11.8 Å². The van der Waals surface area contributed by atoms with E-state index in [2.05, 4.69) is 0 Å². The molecule has 2 aromatic carbocycles. The smallest absolute Gasteiger partial charge is 0.261 e. The van der Waals surface area contributed by atoms with Crippen LogP contribution in [0.25, 0.3) is 0 Å². The fraction of sp³-hybridized carbons (Fsp3) is 0.176. The van der Waals surface area contributed by atoms with Crippen LogP contribution < -0.4 is 0 Å². The Labute approximate surface area is 127 Å². The van der Waals surface area contributed by atoms with Gasteiger partial charge < -0.3 is 10.2 Å². The maximum atomic E-state index is 12.4. The minimum Gasteiger partial charge on any atom is -0.394 e. The van der Waals surface area contributed by atoms with E-state index in [1.54, 1.807) is 54.6 Å². The number of hydrogen-bond acceptors (Lipinski definition) is 4.